The molecule has 0 spiro atoms. The third kappa shape index (κ3) is 5.13. The fourth-order valence-electron chi connectivity index (χ4n) is 4.76. The SMILES string of the molecule is CNC(=O)C1(C)CCCN(C(C)=O)C1C.CNC(=O)[C@@]1(C)CCCN(C(C)=O)[C@H]1C. The van der Waals surface area contributed by atoms with Crippen LogP contribution in [-0.4, -0.2) is 72.7 Å². The lowest BCUT2D eigenvalue weighted by molar-refractivity contribution is -0.145. The summed E-state index contributed by atoms with van der Waals surface area (Å²) in [5, 5.41) is 5.38. The van der Waals surface area contributed by atoms with E-state index in [1.165, 1.54) is 0 Å². The third-order valence-corrected chi connectivity index (χ3v) is 7.27. The number of likely N-dealkylation sites (tertiary alicyclic amines) is 2. The minimum Gasteiger partial charge on any atom is -0.359 e. The Morgan fingerprint density at radius 1 is 0.733 bits per heavy atom. The molecule has 8 nitrogen and oxygen atoms in total. The van der Waals surface area contributed by atoms with Crippen LogP contribution in [0.5, 0.6) is 0 Å². The van der Waals surface area contributed by atoms with E-state index in [1.807, 2.05) is 27.7 Å². The predicted octanol–water partition coefficient (Wildman–Crippen LogP) is 1.54. The van der Waals surface area contributed by atoms with Crippen molar-refractivity contribution in [1.29, 1.82) is 0 Å². The lowest BCUT2D eigenvalue weighted by atomic mass is 9.74. The summed E-state index contributed by atoms with van der Waals surface area (Å²) >= 11 is 0. The van der Waals surface area contributed by atoms with Crippen LogP contribution in [0.15, 0.2) is 0 Å². The zero-order valence-corrected chi connectivity index (χ0v) is 19.9. The summed E-state index contributed by atoms with van der Waals surface area (Å²) in [5.74, 6) is 0.163. The molecule has 0 radical (unpaired) electrons. The van der Waals surface area contributed by atoms with Crippen LogP contribution < -0.4 is 10.6 Å². The predicted molar refractivity (Wildman–Crippen MR) is 117 cm³/mol. The lowest BCUT2D eigenvalue weighted by Gasteiger charge is -2.45. The summed E-state index contributed by atoms with van der Waals surface area (Å²) in [6.07, 6.45) is 3.48. The van der Waals surface area contributed by atoms with Crippen LogP contribution in [0.2, 0.25) is 0 Å². The van der Waals surface area contributed by atoms with Gasteiger partial charge in [0.1, 0.15) is 0 Å². The molecule has 30 heavy (non-hydrogen) atoms. The Hall–Kier alpha value is -2.12. The Kier molecular flexibility index (Phi) is 8.87. The summed E-state index contributed by atoms with van der Waals surface area (Å²) in [6, 6.07) is -0.0487. The summed E-state index contributed by atoms with van der Waals surface area (Å²) in [4.78, 5) is 50.0. The third-order valence-electron chi connectivity index (χ3n) is 7.27. The van der Waals surface area contributed by atoms with E-state index >= 15 is 0 Å². The van der Waals surface area contributed by atoms with Gasteiger partial charge >= 0.3 is 0 Å². The molecule has 0 bridgehead atoms. The van der Waals surface area contributed by atoms with Crippen LogP contribution in [0.25, 0.3) is 0 Å². The van der Waals surface area contributed by atoms with Crippen molar-refractivity contribution in [2.45, 2.75) is 79.3 Å². The standard InChI is InChI=1S/2C11H20N2O2/c2*1-8-11(3,10(15)12-4)6-5-7-13(8)9(2)14/h2*8H,5-7H2,1-4H3,(H,12,15)/t8-,11-;/m0./s1. The lowest BCUT2D eigenvalue weighted by Crippen LogP contribution is -2.56. The van der Waals surface area contributed by atoms with Crippen molar-refractivity contribution < 1.29 is 19.2 Å². The number of amides is 4. The first-order valence-corrected chi connectivity index (χ1v) is 10.9. The van der Waals surface area contributed by atoms with E-state index in [9.17, 15) is 19.2 Å². The second-order valence-electron chi connectivity index (χ2n) is 8.98. The van der Waals surface area contributed by atoms with Crippen molar-refractivity contribution in [3.05, 3.63) is 0 Å². The van der Waals surface area contributed by atoms with Crippen LogP contribution >= 0.6 is 0 Å². The number of piperidine rings is 2. The van der Waals surface area contributed by atoms with E-state index in [1.54, 1.807) is 37.7 Å². The first-order chi connectivity index (χ1) is 13.9. The van der Waals surface area contributed by atoms with Gasteiger partial charge in [-0.1, -0.05) is 0 Å². The van der Waals surface area contributed by atoms with Gasteiger partial charge in [-0.2, -0.15) is 0 Å². The molecule has 2 rings (SSSR count). The molecule has 0 aliphatic carbocycles. The molecule has 0 aromatic heterocycles. The molecule has 4 amide bonds. The molecule has 0 aromatic carbocycles. The van der Waals surface area contributed by atoms with E-state index in [2.05, 4.69) is 10.6 Å². The highest BCUT2D eigenvalue weighted by Gasteiger charge is 2.45. The van der Waals surface area contributed by atoms with E-state index in [0.717, 1.165) is 38.8 Å². The zero-order chi connectivity index (χ0) is 23.3. The van der Waals surface area contributed by atoms with E-state index in [4.69, 9.17) is 0 Å². The maximum Gasteiger partial charge on any atom is 0.227 e. The molecule has 2 N–H and O–H groups in total. The van der Waals surface area contributed by atoms with Gasteiger partial charge in [0.2, 0.25) is 23.6 Å². The van der Waals surface area contributed by atoms with Gasteiger partial charge in [0.05, 0.1) is 10.8 Å². The molecule has 2 saturated heterocycles. The molecule has 8 heteroatoms. The molecule has 2 aliphatic rings. The molecule has 0 saturated carbocycles. The number of rotatable bonds is 2. The van der Waals surface area contributed by atoms with Crippen LogP contribution in [0.3, 0.4) is 0 Å². The molecule has 2 unspecified atom stereocenters. The number of nitrogens with one attached hydrogen (secondary N) is 2. The highest BCUT2D eigenvalue weighted by molar-refractivity contribution is 5.85. The Morgan fingerprint density at radius 3 is 1.27 bits per heavy atom. The maximum absolute atomic E-state index is 11.8. The Balaban J connectivity index is 0.000000300. The molecule has 2 aliphatic heterocycles. The van der Waals surface area contributed by atoms with Crippen molar-refractivity contribution in [3.8, 4) is 0 Å². The van der Waals surface area contributed by atoms with Crippen LogP contribution in [0, 0.1) is 10.8 Å². The first kappa shape index (κ1) is 25.9. The zero-order valence-electron chi connectivity index (χ0n) is 19.9. The summed E-state index contributed by atoms with van der Waals surface area (Å²) in [6.45, 7) is 12.4. The van der Waals surface area contributed by atoms with Gasteiger partial charge in [0.25, 0.3) is 0 Å². The average molecular weight is 425 g/mol. The minimum atomic E-state index is -0.446. The van der Waals surface area contributed by atoms with Gasteiger partial charge in [0, 0.05) is 53.1 Å². The number of nitrogens with zero attached hydrogens (tertiary/aromatic N) is 2. The van der Waals surface area contributed by atoms with Crippen molar-refractivity contribution in [3.63, 3.8) is 0 Å². The Morgan fingerprint density at radius 2 is 1.03 bits per heavy atom. The first-order valence-electron chi connectivity index (χ1n) is 10.9. The quantitative estimate of drug-likeness (QED) is 0.702. The van der Waals surface area contributed by atoms with Crippen molar-refractivity contribution >= 4 is 23.6 Å². The smallest absolute Gasteiger partial charge is 0.227 e. The molecule has 2 fully saturated rings. The van der Waals surface area contributed by atoms with Crippen LogP contribution in [-0.2, 0) is 19.2 Å². The maximum atomic E-state index is 11.8. The number of carbonyl (C=O) groups is 4. The van der Waals surface area contributed by atoms with Gasteiger partial charge in [0.15, 0.2) is 0 Å². The molecule has 0 aromatic rings. The Labute approximate surface area is 181 Å². The van der Waals surface area contributed by atoms with Crippen molar-refractivity contribution in [2.24, 2.45) is 10.8 Å². The fraction of sp³-hybridized carbons (Fsp3) is 0.818. The number of carbonyl (C=O) groups excluding carboxylic acids is 4. The van der Waals surface area contributed by atoms with Gasteiger partial charge in [-0.05, 0) is 53.4 Å². The summed E-state index contributed by atoms with van der Waals surface area (Å²) in [5.41, 5.74) is -0.892. The monoisotopic (exact) mass is 424 g/mol. The molecular formula is C22H40N4O4. The van der Waals surface area contributed by atoms with E-state index in [0.29, 0.717) is 0 Å². The van der Waals surface area contributed by atoms with Crippen LogP contribution in [0.1, 0.15) is 67.2 Å². The highest BCUT2D eigenvalue weighted by atomic mass is 16.2. The largest absolute Gasteiger partial charge is 0.359 e. The Bertz CT molecular complexity index is 612. The summed E-state index contributed by atoms with van der Waals surface area (Å²) in [7, 11) is 3.29. The molecular weight excluding hydrogens is 384 g/mol. The highest BCUT2D eigenvalue weighted by Crippen LogP contribution is 2.36. The second-order valence-corrected chi connectivity index (χ2v) is 8.98. The average Bonchev–Trinajstić information content (AvgIpc) is 2.70. The minimum absolute atomic E-state index is 0.0244. The van der Waals surface area contributed by atoms with E-state index in [-0.39, 0.29) is 35.7 Å². The molecule has 2 heterocycles. The van der Waals surface area contributed by atoms with Gasteiger partial charge < -0.3 is 20.4 Å². The van der Waals surface area contributed by atoms with Crippen molar-refractivity contribution in [2.75, 3.05) is 27.2 Å². The number of hydrogen-bond acceptors (Lipinski definition) is 4. The second kappa shape index (κ2) is 10.3. The van der Waals surface area contributed by atoms with E-state index < -0.39 is 10.8 Å². The van der Waals surface area contributed by atoms with Gasteiger partial charge in [-0.25, -0.2) is 0 Å². The normalized spacial score (nSPS) is 31.2. The summed E-state index contributed by atoms with van der Waals surface area (Å²) < 4.78 is 0. The fourth-order valence-corrected chi connectivity index (χ4v) is 4.76. The molecule has 172 valence electrons. The number of hydrogen-bond donors (Lipinski definition) is 2. The topological polar surface area (TPSA) is 98.8 Å². The van der Waals surface area contributed by atoms with Gasteiger partial charge in [-0.15, -0.1) is 0 Å². The molecule has 4 atom stereocenters. The van der Waals surface area contributed by atoms with Gasteiger partial charge in [-0.3, -0.25) is 19.2 Å². The van der Waals surface area contributed by atoms with Crippen molar-refractivity contribution in [1.82, 2.24) is 20.4 Å². The van der Waals surface area contributed by atoms with Crippen LogP contribution in [0.4, 0.5) is 0 Å².